The lowest BCUT2D eigenvalue weighted by atomic mass is 9.89. The zero-order chi connectivity index (χ0) is 22.9. The number of benzene rings is 1. The van der Waals surface area contributed by atoms with Crippen LogP contribution in [0.25, 0.3) is 5.52 Å². The molecule has 4 heterocycles. The van der Waals surface area contributed by atoms with Gasteiger partial charge in [-0.2, -0.15) is 5.10 Å². The summed E-state index contributed by atoms with van der Waals surface area (Å²) in [5, 5.41) is 8.02. The predicted octanol–water partition coefficient (Wildman–Crippen LogP) is 4.94. The van der Waals surface area contributed by atoms with Crippen molar-refractivity contribution in [2.45, 2.75) is 38.5 Å². The Morgan fingerprint density at radius 1 is 1.06 bits per heavy atom. The van der Waals surface area contributed by atoms with Crippen LogP contribution in [0.1, 0.15) is 53.1 Å². The molecule has 3 amide bonds. The largest absolute Gasteiger partial charge is 0.339 e. The first-order valence-corrected chi connectivity index (χ1v) is 12.0. The maximum atomic E-state index is 12.9. The van der Waals surface area contributed by atoms with Crippen LogP contribution in [-0.4, -0.2) is 57.5 Å². The highest BCUT2D eigenvalue weighted by molar-refractivity contribution is 6.31. The molecule has 0 bridgehead atoms. The number of hydrogen-bond acceptors (Lipinski definition) is 3. The highest BCUT2D eigenvalue weighted by atomic mass is 35.5. The number of pyridine rings is 1. The number of likely N-dealkylation sites (tertiary alicyclic amines) is 2. The van der Waals surface area contributed by atoms with Gasteiger partial charge >= 0.3 is 6.03 Å². The number of fused-ring (bicyclic) bond motifs is 1. The van der Waals surface area contributed by atoms with E-state index < -0.39 is 0 Å². The number of rotatable bonds is 3. The number of amides is 3. The number of anilines is 1. The van der Waals surface area contributed by atoms with Crippen LogP contribution in [0.4, 0.5) is 10.5 Å². The molecule has 0 unspecified atom stereocenters. The second kappa shape index (κ2) is 9.06. The van der Waals surface area contributed by atoms with Gasteiger partial charge in [-0.25, -0.2) is 9.31 Å². The van der Waals surface area contributed by atoms with E-state index in [9.17, 15) is 9.59 Å². The number of hydrogen-bond donors (Lipinski definition) is 1. The molecule has 2 saturated heterocycles. The van der Waals surface area contributed by atoms with Crippen LogP contribution >= 0.6 is 11.6 Å². The molecule has 0 saturated carbocycles. The summed E-state index contributed by atoms with van der Waals surface area (Å²) < 4.78 is 1.78. The van der Waals surface area contributed by atoms with Gasteiger partial charge in [0.25, 0.3) is 5.91 Å². The molecule has 5 rings (SSSR count). The summed E-state index contributed by atoms with van der Waals surface area (Å²) >= 11 is 6.18. The molecule has 2 aliphatic rings. The first-order valence-electron chi connectivity index (χ1n) is 11.6. The van der Waals surface area contributed by atoms with Crippen molar-refractivity contribution in [3.8, 4) is 0 Å². The van der Waals surface area contributed by atoms with Gasteiger partial charge < -0.3 is 15.1 Å². The molecule has 0 atom stereocenters. The van der Waals surface area contributed by atoms with Crippen LogP contribution < -0.4 is 5.32 Å². The monoisotopic (exact) mass is 465 g/mol. The summed E-state index contributed by atoms with van der Waals surface area (Å²) in [6, 6.07) is 9.62. The average Bonchev–Trinajstić information content (AvgIpc) is 3.52. The summed E-state index contributed by atoms with van der Waals surface area (Å²) in [5.74, 6) is 0.416. The summed E-state index contributed by atoms with van der Waals surface area (Å²) in [7, 11) is 0. The normalized spacial score (nSPS) is 17.0. The fraction of sp³-hybridized carbons (Fsp3) is 0.400. The molecule has 2 aromatic heterocycles. The molecule has 7 nitrogen and oxygen atoms in total. The van der Waals surface area contributed by atoms with Crippen molar-refractivity contribution in [2.24, 2.45) is 0 Å². The van der Waals surface area contributed by atoms with Crippen LogP contribution in [0.3, 0.4) is 0 Å². The third-order valence-electron chi connectivity index (χ3n) is 6.93. The number of carbonyl (C=O) groups is 2. The number of carbonyl (C=O) groups excluding carboxylic acids is 2. The molecule has 0 radical (unpaired) electrons. The molecular weight excluding hydrogens is 438 g/mol. The Morgan fingerprint density at radius 3 is 2.58 bits per heavy atom. The Hall–Kier alpha value is -3.06. The minimum atomic E-state index is -0.0939. The van der Waals surface area contributed by atoms with E-state index in [1.54, 1.807) is 10.7 Å². The van der Waals surface area contributed by atoms with Crippen molar-refractivity contribution in [1.29, 1.82) is 0 Å². The third kappa shape index (κ3) is 4.29. The van der Waals surface area contributed by atoms with Gasteiger partial charge in [0.2, 0.25) is 0 Å². The van der Waals surface area contributed by atoms with E-state index in [0.29, 0.717) is 29.6 Å². The summed E-state index contributed by atoms with van der Waals surface area (Å²) in [6.07, 6.45) is 7.51. The second-order valence-corrected chi connectivity index (χ2v) is 9.36. The van der Waals surface area contributed by atoms with Crippen molar-refractivity contribution < 1.29 is 9.59 Å². The van der Waals surface area contributed by atoms with Gasteiger partial charge in [0, 0.05) is 43.1 Å². The van der Waals surface area contributed by atoms with Gasteiger partial charge in [0.1, 0.15) is 0 Å². The highest BCUT2D eigenvalue weighted by Crippen LogP contribution is 2.30. The van der Waals surface area contributed by atoms with Gasteiger partial charge in [-0.1, -0.05) is 17.7 Å². The molecule has 8 heteroatoms. The zero-order valence-corrected chi connectivity index (χ0v) is 19.5. The molecule has 1 N–H and O–H groups in total. The SMILES string of the molecule is Cc1c(Cl)cccc1NC(=O)N1CCC(c2ccn3ncc(C(=O)N4CCCC4)c3c2)CC1. The quantitative estimate of drug-likeness (QED) is 0.595. The Labute approximate surface area is 198 Å². The smallest absolute Gasteiger partial charge is 0.321 e. The van der Waals surface area contributed by atoms with Crippen LogP contribution in [0.15, 0.2) is 42.7 Å². The van der Waals surface area contributed by atoms with E-state index >= 15 is 0 Å². The fourth-order valence-electron chi connectivity index (χ4n) is 4.86. The van der Waals surface area contributed by atoms with E-state index in [-0.39, 0.29) is 11.9 Å². The first-order chi connectivity index (χ1) is 16.0. The maximum absolute atomic E-state index is 12.9. The number of aromatic nitrogens is 2. The summed E-state index contributed by atoms with van der Waals surface area (Å²) in [4.78, 5) is 29.5. The fourth-order valence-corrected chi connectivity index (χ4v) is 5.03. The van der Waals surface area contributed by atoms with Gasteiger partial charge in [0.05, 0.1) is 17.3 Å². The van der Waals surface area contributed by atoms with E-state index in [0.717, 1.165) is 55.5 Å². The van der Waals surface area contributed by atoms with Crippen molar-refractivity contribution in [3.63, 3.8) is 0 Å². The molecule has 3 aromatic rings. The van der Waals surface area contributed by atoms with Gasteiger partial charge in [0.15, 0.2) is 0 Å². The second-order valence-electron chi connectivity index (χ2n) is 8.95. The Bertz CT molecular complexity index is 1190. The number of nitrogens with zero attached hydrogens (tertiary/aromatic N) is 4. The highest BCUT2D eigenvalue weighted by Gasteiger charge is 2.26. The Balaban J connectivity index is 1.26. The van der Waals surface area contributed by atoms with Gasteiger partial charge in [-0.3, -0.25) is 4.79 Å². The maximum Gasteiger partial charge on any atom is 0.321 e. The van der Waals surface area contributed by atoms with Crippen molar-refractivity contribution >= 4 is 34.7 Å². The minimum Gasteiger partial charge on any atom is -0.339 e. The topological polar surface area (TPSA) is 70.0 Å². The standard InChI is InChI=1S/C25H28ClN5O2/c1-17-21(26)5-4-6-22(17)28-25(33)30-12-7-18(8-13-30)19-9-14-31-23(15-19)20(16-27-31)24(32)29-10-2-3-11-29/h4-6,9,14-16,18H,2-3,7-8,10-13H2,1H3,(H,28,33). The first kappa shape index (κ1) is 21.8. The van der Waals surface area contributed by atoms with Crippen molar-refractivity contribution in [2.75, 3.05) is 31.5 Å². The van der Waals surface area contributed by atoms with Crippen molar-refractivity contribution in [3.05, 3.63) is 64.4 Å². The number of urea groups is 1. The number of halogens is 1. The van der Waals surface area contributed by atoms with Gasteiger partial charge in [-0.15, -0.1) is 0 Å². The zero-order valence-electron chi connectivity index (χ0n) is 18.8. The summed E-state index contributed by atoms with van der Waals surface area (Å²) in [5.41, 5.74) is 4.35. The lowest BCUT2D eigenvalue weighted by Crippen LogP contribution is -2.40. The number of piperidine rings is 1. The van der Waals surface area contributed by atoms with Crippen LogP contribution in [0.5, 0.6) is 0 Å². The third-order valence-corrected chi connectivity index (χ3v) is 7.34. The van der Waals surface area contributed by atoms with E-state index in [2.05, 4.69) is 22.5 Å². The lowest BCUT2D eigenvalue weighted by Gasteiger charge is -2.32. The molecule has 2 fully saturated rings. The molecule has 2 aliphatic heterocycles. The Morgan fingerprint density at radius 2 is 1.82 bits per heavy atom. The summed E-state index contributed by atoms with van der Waals surface area (Å²) in [6.45, 7) is 4.91. The van der Waals surface area contributed by atoms with E-state index in [4.69, 9.17) is 11.6 Å². The molecule has 33 heavy (non-hydrogen) atoms. The Kier molecular flexibility index (Phi) is 5.98. The van der Waals surface area contributed by atoms with E-state index in [1.165, 1.54) is 5.56 Å². The molecule has 172 valence electrons. The average molecular weight is 466 g/mol. The number of nitrogens with one attached hydrogen (secondary N) is 1. The predicted molar refractivity (Wildman–Crippen MR) is 129 cm³/mol. The van der Waals surface area contributed by atoms with E-state index in [1.807, 2.05) is 41.1 Å². The van der Waals surface area contributed by atoms with Crippen molar-refractivity contribution in [1.82, 2.24) is 19.4 Å². The van der Waals surface area contributed by atoms with Crippen LogP contribution in [0, 0.1) is 6.92 Å². The lowest BCUT2D eigenvalue weighted by molar-refractivity contribution is 0.0794. The van der Waals surface area contributed by atoms with Crippen LogP contribution in [0.2, 0.25) is 5.02 Å². The molecule has 1 aromatic carbocycles. The molecular formula is C25H28ClN5O2. The molecule has 0 spiro atoms. The van der Waals surface area contributed by atoms with Gasteiger partial charge in [-0.05, 0) is 73.9 Å². The van der Waals surface area contributed by atoms with Crippen LogP contribution in [-0.2, 0) is 0 Å². The minimum absolute atomic E-state index is 0.0717. The molecule has 0 aliphatic carbocycles.